The lowest BCUT2D eigenvalue weighted by atomic mass is 10.2. The minimum atomic E-state index is -0.389. The molecule has 0 unspecified atom stereocenters. The second-order valence-electron chi connectivity index (χ2n) is 3.96. The highest BCUT2D eigenvalue weighted by Gasteiger charge is 2.17. The van der Waals surface area contributed by atoms with E-state index in [1.54, 1.807) is 12.1 Å². The fourth-order valence-electron chi connectivity index (χ4n) is 1.60. The van der Waals surface area contributed by atoms with Gasteiger partial charge in [-0.15, -0.1) is 0 Å². The summed E-state index contributed by atoms with van der Waals surface area (Å²) in [5.74, 6) is 0.238. The SMILES string of the molecule is COc1cc(Cl)c(C)cc1NC(=O)C1=COCCO1. The molecule has 0 radical (unpaired) electrons. The summed E-state index contributed by atoms with van der Waals surface area (Å²) in [5, 5.41) is 3.28. The lowest BCUT2D eigenvalue weighted by Crippen LogP contribution is -2.21. The minimum absolute atomic E-state index is 0.140. The van der Waals surface area contributed by atoms with Crippen molar-refractivity contribution in [2.45, 2.75) is 6.92 Å². The Balaban J connectivity index is 2.20. The number of anilines is 1. The van der Waals surface area contributed by atoms with Crippen LogP contribution in [0.5, 0.6) is 5.75 Å². The van der Waals surface area contributed by atoms with Crippen molar-refractivity contribution in [1.82, 2.24) is 0 Å². The molecule has 0 saturated heterocycles. The molecule has 1 amide bonds. The molecule has 2 rings (SSSR count). The molecule has 0 saturated carbocycles. The number of methoxy groups -OCH3 is 1. The van der Waals surface area contributed by atoms with E-state index in [0.29, 0.717) is 29.7 Å². The number of carbonyl (C=O) groups is 1. The Hall–Kier alpha value is -1.88. The molecule has 0 fully saturated rings. The van der Waals surface area contributed by atoms with Gasteiger partial charge in [0.1, 0.15) is 25.2 Å². The number of benzene rings is 1. The Morgan fingerprint density at radius 1 is 1.42 bits per heavy atom. The van der Waals surface area contributed by atoms with E-state index >= 15 is 0 Å². The van der Waals surface area contributed by atoms with Gasteiger partial charge >= 0.3 is 0 Å². The first-order valence-electron chi connectivity index (χ1n) is 5.72. The average Bonchev–Trinajstić information content (AvgIpc) is 2.43. The average molecular weight is 284 g/mol. The maximum absolute atomic E-state index is 12.0. The van der Waals surface area contributed by atoms with E-state index in [1.807, 2.05) is 6.92 Å². The van der Waals surface area contributed by atoms with Crippen molar-refractivity contribution in [3.05, 3.63) is 34.7 Å². The Morgan fingerprint density at radius 3 is 2.84 bits per heavy atom. The first-order valence-corrected chi connectivity index (χ1v) is 6.09. The number of amides is 1. The first-order chi connectivity index (χ1) is 9.11. The van der Waals surface area contributed by atoms with E-state index in [2.05, 4.69) is 5.32 Å². The summed E-state index contributed by atoms with van der Waals surface area (Å²) in [6.07, 6.45) is 1.30. The predicted molar refractivity (Wildman–Crippen MR) is 71.4 cm³/mol. The van der Waals surface area contributed by atoms with Crippen molar-refractivity contribution >= 4 is 23.2 Å². The van der Waals surface area contributed by atoms with Gasteiger partial charge in [0, 0.05) is 11.1 Å². The van der Waals surface area contributed by atoms with E-state index in [9.17, 15) is 4.79 Å². The fraction of sp³-hybridized carbons (Fsp3) is 0.308. The molecule has 19 heavy (non-hydrogen) atoms. The number of halogens is 1. The molecule has 0 atom stereocenters. The van der Waals surface area contributed by atoms with Crippen LogP contribution in [0.15, 0.2) is 24.2 Å². The molecule has 1 aliphatic heterocycles. The molecule has 5 nitrogen and oxygen atoms in total. The Bertz CT molecular complexity index is 528. The topological polar surface area (TPSA) is 56.8 Å². The van der Waals surface area contributed by atoms with Crippen LogP contribution in [-0.2, 0) is 14.3 Å². The van der Waals surface area contributed by atoms with E-state index in [1.165, 1.54) is 13.4 Å². The second kappa shape index (κ2) is 5.84. The summed E-state index contributed by atoms with van der Waals surface area (Å²) in [7, 11) is 1.51. The Morgan fingerprint density at radius 2 is 2.21 bits per heavy atom. The molecule has 102 valence electrons. The van der Waals surface area contributed by atoms with Crippen LogP contribution in [0.25, 0.3) is 0 Å². The van der Waals surface area contributed by atoms with Gasteiger partial charge < -0.3 is 19.5 Å². The van der Waals surface area contributed by atoms with E-state index in [4.69, 9.17) is 25.8 Å². The molecule has 1 N–H and O–H groups in total. The fourth-order valence-corrected chi connectivity index (χ4v) is 1.75. The lowest BCUT2D eigenvalue weighted by molar-refractivity contribution is -0.117. The molecule has 0 aromatic heterocycles. The molecule has 1 aromatic rings. The second-order valence-corrected chi connectivity index (χ2v) is 4.36. The number of carbonyl (C=O) groups excluding carboxylic acids is 1. The van der Waals surface area contributed by atoms with Crippen LogP contribution in [0.1, 0.15) is 5.56 Å². The van der Waals surface area contributed by atoms with Crippen molar-refractivity contribution < 1.29 is 19.0 Å². The maximum Gasteiger partial charge on any atom is 0.294 e. The zero-order valence-corrected chi connectivity index (χ0v) is 11.4. The van der Waals surface area contributed by atoms with Crippen molar-refractivity contribution in [1.29, 1.82) is 0 Å². The minimum Gasteiger partial charge on any atom is -0.495 e. The van der Waals surface area contributed by atoms with Gasteiger partial charge in [-0.05, 0) is 18.6 Å². The number of ether oxygens (including phenoxy) is 3. The Labute approximate surface area is 116 Å². The summed E-state index contributed by atoms with van der Waals surface area (Å²) in [5.41, 5.74) is 1.37. The van der Waals surface area contributed by atoms with Crippen LogP contribution < -0.4 is 10.1 Å². The van der Waals surface area contributed by atoms with Crippen molar-refractivity contribution in [3.8, 4) is 5.75 Å². The molecular weight excluding hydrogens is 270 g/mol. The van der Waals surface area contributed by atoms with Gasteiger partial charge in [-0.1, -0.05) is 11.6 Å². The van der Waals surface area contributed by atoms with Crippen LogP contribution in [0.3, 0.4) is 0 Å². The maximum atomic E-state index is 12.0. The summed E-state index contributed by atoms with van der Waals surface area (Å²) >= 11 is 6.00. The molecule has 1 heterocycles. The lowest BCUT2D eigenvalue weighted by Gasteiger charge is -2.16. The molecule has 0 aliphatic carbocycles. The number of nitrogens with one attached hydrogen (secondary N) is 1. The third kappa shape index (κ3) is 3.12. The van der Waals surface area contributed by atoms with Crippen LogP contribution in [-0.4, -0.2) is 26.2 Å². The summed E-state index contributed by atoms with van der Waals surface area (Å²) in [6.45, 7) is 2.65. The van der Waals surface area contributed by atoms with Crippen molar-refractivity contribution in [2.75, 3.05) is 25.6 Å². The van der Waals surface area contributed by atoms with Crippen LogP contribution in [0, 0.1) is 6.92 Å². The van der Waals surface area contributed by atoms with Gasteiger partial charge in [0.05, 0.1) is 12.8 Å². The van der Waals surface area contributed by atoms with Crippen LogP contribution in [0.2, 0.25) is 5.02 Å². The summed E-state index contributed by atoms with van der Waals surface area (Å²) in [4.78, 5) is 12.0. The normalized spacial score (nSPS) is 13.9. The highest BCUT2D eigenvalue weighted by Crippen LogP contribution is 2.31. The molecule has 0 spiro atoms. The standard InChI is InChI=1S/C13H14ClNO4/c1-8-5-10(11(17-2)6-9(8)14)15-13(16)12-7-18-3-4-19-12/h5-7H,3-4H2,1-2H3,(H,15,16). The third-order valence-corrected chi connectivity index (χ3v) is 3.01. The van der Waals surface area contributed by atoms with Crippen LogP contribution in [0.4, 0.5) is 5.69 Å². The number of aryl methyl sites for hydroxylation is 1. The van der Waals surface area contributed by atoms with Gasteiger partial charge in [-0.25, -0.2) is 0 Å². The quantitative estimate of drug-likeness (QED) is 0.926. The molecule has 1 aromatic carbocycles. The number of hydrogen-bond donors (Lipinski definition) is 1. The summed E-state index contributed by atoms with van der Waals surface area (Å²) in [6, 6.07) is 3.39. The molecule has 1 aliphatic rings. The third-order valence-electron chi connectivity index (χ3n) is 2.60. The van der Waals surface area contributed by atoms with Gasteiger partial charge in [-0.3, -0.25) is 4.79 Å². The van der Waals surface area contributed by atoms with Gasteiger partial charge in [0.2, 0.25) is 5.76 Å². The predicted octanol–water partition coefficient (Wildman–Crippen LogP) is 2.48. The van der Waals surface area contributed by atoms with Gasteiger partial charge in [-0.2, -0.15) is 0 Å². The highest BCUT2D eigenvalue weighted by molar-refractivity contribution is 6.31. The van der Waals surface area contributed by atoms with Crippen molar-refractivity contribution in [3.63, 3.8) is 0 Å². The van der Waals surface area contributed by atoms with Gasteiger partial charge in [0.25, 0.3) is 5.91 Å². The van der Waals surface area contributed by atoms with Gasteiger partial charge in [0.15, 0.2) is 0 Å². The van der Waals surface area contributed by atoms with E-state index in [-0.39, 0.29) is 11.7 Å². The zero-order valence-electron chi connectivity index (χ0n) is 10.7. The largest absolute Gasteiger partial charge is 0.495 e. The van der Waals surface area contributed by atoms with Crippen molar-refractivity contribution in [2.24, 2.45) is 0 Å². The number of hydrogen-bond acceptors (Lipinski definition) is 4. The monoisotopic (exact) mass is 283 g/mol. The smallest absolute Gasteiger partial charge is 0.294 e. The number of rotatable bonds is 3. The Kier molecular flexibility index (Phi) is 4.16. The molecule has 6 heteroatoms. The molecule has 0 bridgehead atoms. The van der Waals surface area contributed by atoms with E-state index < -0.39 is 0 Å². The highest BCUT2D eigenvalue weighted by atomic mass is 35.5. The summed E-state index contributed by atoms with van der Waals surface area (Å²) < 4.78 is 15.4. The zero-order chi connectivity index (χ0) is 13.8. The first kappa shape index (κ1) is 13.5. The van der Waals surface area contributed by atoms with Crippen LogP contribution >= 0.6 is 11.6 Å². The molecular formula is C13H14ClNO4. The van der Waals surface area contributed by atoms with E-state index in [0.717, 1.165) is 5.56 Å².